The van der Waals surface area contributed by atoms with Gasteiger partial charge in [-0.05, 0) is 6.07 Å². The summed E-state index contributed by atoms with van der Waals surface area (Å²) in [6, 6.07) is 0.829. The summed E-state index contributed by atoms with van der Waals surface area (Å²) in [5.74, 6) is -0.844. The van der Waals surface area contributed by atoms with Gasteiger partial charge in [0.1, 0.15) is 5.69 Å². The second kappa shape index (κ2) is 4.74. The quantitative estimate of drug-likeness (QED) is 0.768. The van der Waals surface area contributed by atoms with Crippen LogP contribution < -0.4 is 0 Å². The molecule has 1 aromatic heterocycles. The number of halogens is 2. The first kappa shape index (κ1) is 13.5. The Labute approximate surface area is 96.3 Å². The average molecular weight is 265 g/mol. The van der Waals surface area contributed by atoms with Crippen LogP contribution in [-0.2, 0) is 14.6 Å². The highest BCUT2D eigenvalue weighted by atomic mass is 32.2. The third-order valence-corrected chi connectivity index (χ3v) is 3.03. The maximum absolute atomic E-state index is 12.5. The largest absolute Gasteiger partial charge is 0.465 e. The lowest BCUT2D eigenvalue weighted by atomic mass is 10.2. The van der Waals surface area contributed by atoms with Crippen molar-refractivity contribution in [3.8, 4) is 0 Å². The Morgan fingerprint density at radius 2 is 2.06 bits per heavy atom. The molecule has 0 saturated carbocycles. The Morgan fingerprint density at radius 1 is 1.47 bits per heavy atom. The molecule has 5 nitrogen and oxygen atoms in total. The zero-order chi connectivity index (χ0) is 13.2. The molecule has 0 bridgehead atoms. The minimum Gasteiger partial charge on any atom is -0.465 e. The number of hydrogen-bond acceptors (Lipinski definition) is 5. The molecule has 0 atom stereocenters. The van der Waals surface area contributed by atoms with E-state index >= 15 is 0 Å². The summed E-state index contributed by atoms with van der Waals surface area (Å²) in [4.78, 5) is 13.7. The highest BCUT2D eigenvalue weighted by Gasteiger charge is 2.23. The van der Waals surface area contributed by atoms with Gasteiger partial charge in [-0.3, -0.25) is 4.98 Å². The number of methoxy groups -OCH3 is 1. The van der Waals surface area contributed by atoms with Gasteiger partial charge in [-0.2, -0.15) is 0 Å². The van der Waals surface area contributed by atoms with Crippen LogP contribution in [0, 0.1) is 0 Å². The van der Waals surface area contributed by atoms with E-state index in [-0.39, 0.29) is 5.56 Å². The smallest absolute Gasteiger partial charge is 0.339 e. The van der Waals surface area contributed by atoms with Gasteiger partial charge in [0.2, 0.25) is 0 Å². The molecule has 1 aromatic rings. The fourth-order valence-corrected chi connectivity index (χ4v) is 2.01. The molecule has 94 valence electrons. The molecule has 1 heterocycles. The van der Waals surface area contributed by atoms with Crippen molar-refractivity contribution in [2.45, 2.75) is 11.3 Å². The van der Waals surface area contributed by atoms with Crippen molar-refractivity contribution in [1.82, 2.24) is 4.98 Å². The van der Waals surface area contributed by atoms with Crippen LogP contribution in [0.25, 0.3) is 0 Å². The monoisotopic (exact) mass is 265 g/mol. The maximum Gasteiger partial charge on any atom is 0.339 e. The van der Waals surface area contributed by atoms with Gasteiger partial charge in [-0.1, -0.05) is 0 Å². The summed E-state index contributed by atoms with van der Waals surface area (Å²) in [7, 11) is -2.81. The zero-order valence-electron chi connectivity index (χ0n) is 8.98. The Kier molecular flexibility index (Phi) is 3.76. The summed E-state index contributed by atoms with van der Waals surface area (Å²) >= 11 is 0. The number of nitrogens with zero attached hydrogens (tertiary/aromatic N) is 1. The van der Waals surface area contributed by atoms with Crippen LogP contribution in [0.4, 0.5) is 8.78 Å². The van der Waals surface area contributed by atoms with E-state index in [1.165, 1.54) is 0 Å². The minimum atomic E-state index is -3.89. The van der Waals surface area contributed by atoms with E-state index in [1.807, 2.05) is 0 Å². The Hall–Kier alpha value is -1.57. The lowest BCUT2D eigenvalue weighted by Crippen LogP contribution is -2.10. The number of carbonyl (C=O) groups excluding carboxylic acids is 1. The van der Waals surface area contributed by atoms with Crippen molar-refractivity contribution in [2.75, 3.05) is 13.4 Å². The summed E-state index contributed by atoms with van der Waals surface area (Å²) in [6.07, 6.45) is -1.43. The zero-order valence-corrected chi connectivity index (χ0v) is 9.79. The molecular formula is C9H9F2NO4S. The molecule has 8 heteroatoms. The molecule has 0 aliphatic heterocycles. The lowest BCUT2D eigenvalue weighted by molar-refractivity contribution is 0.0599. The first-order valence-electron chi connectivity index (χ1n) is 4.34. The van der Waals surface area contributed by atoms with Gasteiger partial charge >= 0.3 is 5.97 Å². The molecule has 1 rings (SSSR count). The number of hydrogen-bond donors (Lipinski definition) is 0. The molecule has 0 unspecified atom stereocenters. The number of carbonyl (C=O) groups is 1. The normalized spacial score (nSPS) is 11.6. The van der Waals surface area contributed by atoms with Crippen LogP contribution in [0.3, 0.4) is 0 Å². The van der Waals surface area contributed by atoms with Gasteiger partial charge < -0.3 is 4.74 Å². The van der Waals surface area contributed by atoms with Crippen molar-refractivity contribution < 1.29 is 26.7 Å². The second-order valence-electron chi connectivity index (χ2n) is 3.17. The lowest BCUT2D eigenvalue weighted by Gasteiger charge is -2.07. The van der Waals surface area contributed by atoms with Gasteiger partial charge in [0, 0.05) is 12.5 Å². The minimum absolute atomic E-state index is 0.197. The van der Waals surface area contributed by atoms with Crippen LogP contribution in [0.15, 0.2) is 17.2 Å². The van der Waals surface area contributed by atoms with Crippen molar-refractivity contribution in [3.63, 3.8) is 0 Å². The first-order valence-corrected chi connectivity index (χ1v) is 6.23. The van der Waals surface area contributed by atoms with Gasteiger partial charge in [0.05, 0.1) is 17.6 Å². The SMILES string of the molecule is COC(=O)c1cnc(C(F)F)c(S(C)(=O)=O)c1. The van der Waals surface area contributed by atoms with Crippen LogP contribution in [0.5, 0.6) is 0 Å². The number of rotatable bonds is 3. The van der Waals surface area contributed by atoms with E-state index in [9.17, 15) is 22.0 Å². The maximum atomic E-state index is 12.5. The summed E-state index contributed by atoms with van der Waals surface area (Å²) in [5, 5.41) is 0. The fraction of sp³-hybridized carbons (Fsp3) is 0.333. The second-order valence-corrected chi connectivity index (χ2v) is 5.16. The molecule has 0 N–H and O–H groups in total. The molecule has 0 radical (unpaired) electrons. The number of esters is 1. The van der Waals surface area contributed by atoms with Crippen molar-refractivity contribution in [2.24, 2.45) is 0 Å². The third kappa shape index (κ3) is 2.96. The number of pyridine rings is 1. The Bertz CT molecular complexity index is 542. The molecule has 0 saturated heterocycles. The molecule has 0 aliphatic rings. The predicted molar refractivity (Wildman–Crippen MR) is 53.6 cm³/mol. The molecule has 0 aromatic carbocycles. The van der Waals surface area contributed by atoms with Crippen LogP contribution in [-0.4, -0.2) is 32.7 Å². The molecule has 0 fully saturated rings. The average Bonchev–Trinajstić information content (AvgIpc) is 2.25. The fourth-order valence-electron chi connectivity index (χ4n) is 1.15. The van der Waals surface area contributed by atoms with Crippen LogP contribution >= 0.6 is 0 Å². The summed E-state index contributed by atoms with van der Waals surface area (Å²) in [6.45, 7) is 0. The van der Waals surface area contributed by atoms with E-state index < -0.39 is 32.8 Å². The first-order chi connectivity index (χ1) is 7.77. The van der Waals surface area contributed by atoms with Gasteiger partial charge in [-0.15, -0.1) is 0 Å². The highest BCUT2D eigenvalue weighted by Crippen LogP contribution is 2.25. The number of sulfone groups is 1. The number of aromatic nitrogens is 1. The molecule has 0 aliphatic carbocycles. The van der Waals surface area contributed by atoms with Crippen LogP contribution in [0.1, 0.15) is 22.5 Å². The van der Waals surface area contributed by atoms with Crippen LogP contribution in [0.2, 0.25) is 0 Å². The van der Waals surface area contributed by atoms with Gasteiger partial charge in [0.15, 0.2) is 9.84 Å². The summed E-state index contributed by atoms with van der Waals surface area (Å²) in [5.41, 5.74) is -1.07. The van der Waals surface area contributed by atoms with Crippen molar-refractivity contribution >= 4 is 15.8 Å². The van der Waals surface area contributed by atoms with E-state index in [0.29, 0.717) is 0 Å². The third-order valence-electron chi connectivity index (χ3n) is 1.91. The predicted octanol–water partition coefficient (Wildman–Crippen LogP) is 1.21. The highest BCUT2D eigenvalue weighted by molar-refractivity contribution is 7.90. The van der Waals surface area contributed by atoms with E-state index in [0.717, 1.165) is 25.6 Å². The van der Waals surface area contributed by atoms with E-state index in [2.05, 4.69) is 9.72 Å². The van der Waals surface area contributed by atoms with Gasteiger partial charge in [-0.25, -0.2) is 22.0 Å². The Morgan fingerprint density at radius 3 is 2.47 bits per heavy atom. The summed E-state index contributed by atoms with van der Waals surface area (Å²) < 4.78 is 52.0. The Balaban J connectivity index is 3.45. The number of ether oxygens (including phenoxy) is 1. The van der Waals surface area contributed by atoms with Crippen molar-refractivity contribution in [1.29, 1.82) is 0 Å². The van der Waals surface area contributed by atoms with E-state index in [4.69, 9.17) is 0 Å². The number of alkyl halides is 2. The molecule has 17 heavy (non-hydrogen) atoms. The van der Waals surface area contributed by atoms with Crippen molar-refractivity contribution in [3.05, 3.63) is 23.5 Å². The molecular weight excluding hydrogens is 256 g/mol. The van der Waals surface area contributed by atoms with Gasteiger partial charge in [0.25, 0.3) is 6.43 Å². The molecule has 0 amide bonds. The molecule has 0 spiro atoms. The topological polar surface area (TPSA) is 73.3 Å². The standard InChI is InChI=1S/C9H9F2NO4S/c1-16-9(13)5-3-6(17(2,14)15)7(8(10)11)12-4-5/h3-4,8H,1-2H3. The van der Waals surface area contributed by atoms with E-state index in [1.54, 1.807) is 0 Å².